The van der Waals surface area contributed by atoms with Crippen LogP contribution in [0.15, 0.2) is 126 Å². The first-order valence-electron chi connectivity index (χ1n) is 27.8. The van der Waals surface area contributed by atoms with Gasteiger partial charge in [-0.3, -0.25) is 24.1 Å². The second kappa shape index (κ2) is 25.0. The number of halogens is 4. The molecule has 14 nitrogen and oxygen atoms in total. The molecule has 5 aliphatic rings. The van der Waals surface area contributed by atoms with E-state index >= 15 is 0 Å². The van der Waals surface area contributed by atoms with Gasteiger partial charge in [-0.1, -0.05) is 64.8 Å². The number of likely N-dealkylation sites (N-methyl/N-ethyl adjacent to an activating group) is 1. The maximum absolute atomic E-state index is 14.1. The van der Waals surface area contributed by atoms with Crippen molar-refractivity contribution in [2.45, 2.75) is 70.3 Å². The Kier molecular flexibility index (Phi) is 17.6. The minimum atomic E-state index is -0.587. The van der Waals surface area contributed by atoms with Crippen LogP contribution in [0.2, 0.25) is 10.0 Å². The zero-order valence-corrected chi connectivity index (χ0v) is 48.1. The van der Waals surface area contributed by atoms with Crippen molar-refractivity contribution in [2.24, 2.45) is 16.0 Å². The van der Waals surface area contributed by atoms with Gasteiger partial charge in [0.15, 0.2) is 0 Å². The minimum Gasteiger partial charge on any atom is -0.495 e. The molecule has 3 atom stereocenters. The maximum atomic E-state index is 14.1. The van der Waals surface area contributed by atoms with E-state index in [9.17, 15) is 28.0 Å². The molecular weight excluding hydrogens is 1090 g/mol. The number of benzene rings is 6. The quantitative estimate of drug-likeness (QED) is 0.128. The summed E-state index contributed by atoms with van der Waals surface area (Å²) in [5.74, 6) is -1.92. The van der Waals surface area contributed by atoms with E-state index in [0.29, 0.717) is 53.1 Å². The predicted molar refractivity (Wildman–Crippen MR) is 317 cm³/mol. The number of amides is 4. The molecule has 6 aromatic rings. The highest BCUT2D eigenvalue weighted by Crippen LogP contribution is 2.50. The number of anilines is 4. The third-order valence-corrected chi connectivity index (χ3v) is 17.8. The Morgan fingerprint density at radius 2 is 1.09 bits per heavy atom. The van der Waals surface area contributed by atoms with Gasteiger partial charge in [-0.05, 0) is 178 Å². The van der Waals surface area contributed by atoms with E-state index in [1.165, 1.54) is 63.3 Å². The predicted octanol–water partition coefficient (Wildman–Crippen LogP) is 12.6. The Labute approximate surface area is 487 Å². The molecule has 4 amide bonds. The fourth-order valence-electron chi connectivity index (χ4n) is 12.7. The van der Waals surface area contributed by atoms with Crippen molar-refractivity contribution in [1.82, 2.24) is 9.80 Å². The van der Waals surface area contributed by atoms with Gasteiger partial charge in [0.2, 0.25) is 0 Å². The topological polar surface area (TPSA) is 145 Å². The van der Waals surface area contributed by atoms with Gasteiger partial charge in [-0.15, -0.1) is 0 Å². The molecule has 1 unspecified atom stereocenters. The monoisotopic (exact) mass is 1150 g/mol. The van der Waals surface area contributed by atoms with Crippen molar-refractivity contribution >= 4 is 75.3 Å². The average Bonchev–Trinajstić information content (AvgIpc) is 4.20. The van der Waals surface area contributed by atoms with Crippen molar-refractivity contribution in [2.75, 3.05) is 88.1 Å². The fourth-order valence-corrected chi connectivity index (χ4v) is 13.1. The Morgan fingerprint density at radius 1 is 0.585 bits per heavy atom. The number of hydrogen-bond donors (Lipinski definition) is 2. The number of methoxy groups -OCH3 is 2. The number of ether oxygens (including phenoxy) is 2. The summed E-state index contributed by atoms with van der Waals surface area (Å²) < 4.78 is 38.5. The highest BCUT2D eigenvalue weighted by molar-refractivity contribution is 6.35. The van der Waals surface area contributed by atoms with Crippen molar-refractivity contribution < 1.29 is 42.3 Å². The lowest BCUT2D eigenvalue weighted by molar-refractivity contribution is 0.0972. The van der Waals surface area contributed by atoms with Crippen LogP contribution in [0, 0.1) is 22.5 Å². The standard InChI is InChI=1S/C34H38ClFN4O3.C30H29ClFN3O4/c1-38-15-17-39(18-16-38)26-11-12-34(22-26)13-14-40(30-6-4-3-5-24(30)21-34)33(42)23-7-10-29(31(19-23)43-2)37-32(41)27-20-25(36)8-9-28(27)35;1-38-27-15-19(7-10-25(27)33-28(36)23-16-21(32)8-9-24(23)31)29(37)35-14-13-30(12-11-22(18-30)34-39-2)17-20-5-3-4-6-26(20)35/h3-10,19-20,26H,11-18,21-22H2,1-2H3,(H,37,41);3-10,15-16H,11-14,17-18H2,1-2H3,(H,33,36)/t26?,34-;30-/m00/s1. The summed E-state index contributed by atoms with van der Waals surface area (Å²) in [4.78, 5) is 67.4. The van der Waals surface area contributed by atoms with Crippen LogP contribution in [0.3, 0.4) is 0 Å². The lowest BCUT2D eigenvalue weighted by atomic mass is 9.77. The van der Waals surface area contributed by atoms with Crippen LogP contribution >= 0.6 is 23.2 Å². The van der Waals surface area contributed by atoms with Gasteiger partial charge in [0.05, 0.1) is 52.5 Å². The van der Waals surface area contributed by atoms with Gasteiger partial charge >= 0.3 is 0 Å². The van der Waals surface area contributed by atoms with E-state index in [4.69, 9.17) is 37.5 Å². The molecule has 0 bridgehead atoms. The molecule has 0 radical (unpaired) electrons. The summed E-state index contributed by atoms with van der Waals surface area (Å²) >= 11 is 12.2. The van der Waals surface area contributed by atoms with Crippen molar-refractivity contribution in [3.05, 3.63) is 176 Å². The number of para-hydroxylation sites is 2. The minimum absolute atomic E-state index is 0.000380. The third kappa shape index (κ3) is 12.7. The van der Waals surface area contributed by atoms with Crippen LogP contribution in [0.5, 0.6) is 11.5 Å². The largest absolute Gasteiger partial charge is 0.495 e. The van der Waals surface area contributed by atoms with E-state index in [2.05, 4.69) is 50.8 Å². The van der Waals surface area contributed by atoms with E-state index in [-0.39, 0.29) is 43.8 Å². The van der Waals surface area contributed by atoms with Crippen molar-refractivity contribution in [1.29, 1.82) is 0 Å². The van der Waals surface area contributed by atoms with E-state index < -0.39 is 23.4 Å². The van der Waals surface area contributed by atoms with Crippen LogP contribution < -0.4 is 29.9 Å². The molecule has 3 fully saturated rings. The van der Waals surface area contributed by atoms with Gasteiger partial charge < -0.3 is 39.6 Å². The molecule has 1 saturated heterocycles. The number of piperazine rings is 1. The highest BCUT2D eigenvalue weighted by Gasteiger charge is 2.45. The van der Waals surface area contributed by atoms with E-state index in [1.807, 2.05) is 40.1 Å². The molecule has 2 saturated carbocycles. The molecule has 428 valence electrons. The zero-order valence-electron chi connectivity index (χ0n) is 46.5. The molecule has 18 heteroatoms. The molecule has 2 spiro atoms. The van der Waals surface area contributed by atoms with Gasteiger partial charge in [0.25, 0.3) is 23.6 Å². The second-order valence-corrected chi connectivity index (χ2v) is 23.1. The number of hydrogen-bond acceptors (Lipinski definition) is 10. The maximum Gasteiger partial charge on any atom is 0.258 e. The second-order valence-electron chi connectivity index (χ2n) is 22.3. The van der Waals surface area contributed by atoms with Crippen LogP contribution in [0.1, 0.15) is 104 Å². The summed E-state index contributed by atoms with van der Waals surface area (Å²) in [7, 11) is 6.71. The van der Waals surface area contributed by atoms with Crippen LogP contribution in [-0.4, -0.2) is 113 Å². The summed E-state index contributed by atoms with van der Waals surface area (Å²) in [6, 6.07) is 33.9. The number of carbonyl (C=O) groups excluding carboxylic acids is 4. The van der Waals surface area contributed by atoms with E-state index in [1.54, 1.807) is 43.5 Å². The fraction of sp³-hybridized carbons (Fsp3) is 0.359. The Balaban J connectivity index is 0.000000185. The Hall–Kier alpha value is -7.37. The normalized spacial score (nSPS) is 21.2. The molecule has 3 heterocycles. The summed E-state index contributed by atoms with van der Waals surface area (Å²) in [5, 5.41) is 9.91. The van der Waals surface area contributed by atoms with Gasteiger partial charge in [0, 0.05) is 67.8 Å². The first-order chi connectivity index (χ1) is 39.6. The SMILES string of the molecule is CON=C1CC[C@@]2(CCN(C(=O)c3ccc(NC(=O)c4cc(F)ccc4Cl)c(OC)c3)c3ccccc3C2)C1.COc1cc(C(=O)N2CC[C@@]3(CCC(N4CCN(C)CC4)C3)Cc3ccccc32)ccc1NC(=O)c1cc(F)ccc1Cl. The Bertz CT molecular complexity index is 3430. The lowest BCUT2D eigenvalue weighted by Gasteiger charge is -2.37. The summed E-state index contributed by atoms with van der Waals surface area (Å²) in [6.07, 6.45) is 9.97. The number of nitrogens with zero attached hydrogens (tertiary/aromatic N) is 5. The molecule has 11 rings (SSSR count). The molecular formula is C64H67Cl2F2N7O7. The molecule has 3 aliphatic heterocycles. The molecule has 82 heavy (non-hydrogen) atoms. The number of carbonyl (C=O) groups is 4. The number of oxime groups is 1. The summed E-state index contributed by atoms with van der Waals surface area (Å²) in [6.45, 7) is 5.72. The zero-order chi connectivity index (χ0) is 57.7. The first kappa shape index (κ1) is 57.8. The van der Waals surface area contributed by atoms with E-state index in [0.717, 1.165) is 106 Å². The molecule has 2 N–H and O–H groups in total. The Morgan fingerprint density at radius 3 is 1.60 bits per heavy atom. The smallest absolute Gasteiger partial charge is 0.258 e. The van der Waals surface area contributed by atoms with Gasteiger partial charge in [-0.25, -0.2) is 8.78 Å². The van der Waals surface area contributed by atoms with Crippen molar-refractivity contribution in [3.8, 4) is 11.5 Å². The molecule has 2 aliphatic carbocycles. The van der Waals surface area contributed by atoms with Gasteiger partial charge in [0.1, 0.15) is 30.2 Å². The lowest BCUT2D eigenvalue weighted by Crippen LogP contribution is -2.48. The van der Waals surface area contributed by atoms with Gasteiger partial charge in [-0.2, -0.15) is 0 Å². The molecule has 6 aromatic carbocycles. The van der Waals surface area contributed by atoms with Crippen molar-refractivity contribution in [3.63, 3.8) is 0 Å². The number of fused-ring (bicyclic) bond motifs is 2. The number of rotatable bonds is 10. The van der Waals surface area contributed by atoms with Crippen LogP contribution in [0.4, 0.5) is 31.5 Å². The van der Waals surface area contributed by atoms with Crippen LogP contribution in [0.25, 0.3) is 0 Å². The van der Waals surface area contributed by atoms with Crippen LogP contribution in [-0.2, 0) is 17.7 Å². The average molecular weight is 1160 g/mol. The highest BCUT2D eigenvalue weighted by atomic mass is 35.5. The first-order valence-corrected chi connectivity index (χ1v) is 28.5. The molecule has 0 aromatic heterocycles. The summed E-state index contributed by atoms with van der Waals surface area (Å²) in [5.41, 5.74) is 7.09. The number of nitrogens with one attached hydrogen (secondary N) is 2. The third-order valence-electron chi connectivity index (χ3n) is 17.1.